The van der Waals surface area contributed by atoms with Gasteiger partial charge in [-0.15, -0.1) is 0 Å². The monoisotopic (exact) mass is 460 g/mol. The van der Waals surface area contributed by atoms with E-state index >= 15 is 0 Å². The first-order valence-corrected chi connectivity index (χ1v) is 11.9. The molecular weight excluding hydrogens is 432 g/mol. The van der Waals surface area contributed by atoms with Crippen LogP contribution in [0.25, 0.3) is 11.0 Å². The molecule has 0 aliphatic rings. The van der Waals surface area contributed by atoms with E-state index in [4.69, 9.17) is 9.72 Å². The number of carbonyl (C=O) groups excluding carboxylic acids is 1. The number of nitrogens with zero attached hydrogens (tertiary/aromatic N) is 3. The molecule has 2 aromatic carbocycles. The van der Waals surface area contributed by atoms with Gasteiger partial charge in [0.1, 0.15) is 11.8 Å². The molecule has 4 rings (SSSR count). The highest BCUT2D eigenvalue weighted by Crippen LogP contribution is 2.32. The number of rotatable bonds is 8. The number of hydrogen-bond donors (Lipinski definition) is 1. The van der Waals surface area contributed by atoms with Crippen LogP contribution in [0.2, 0.25) is 0 Å². The minimum absolute atomic E-state index is 0.0949. The third kappa shape index (κ3) is 5.03. The summed E-state index contributed by atoms with van der Waals surface area (Å²) in [5.74, 6) is 1.38. The maximum atomic E-state index is 13.4. The van der Waals surface area contributed by atoms with E-state index in [2.05, 4.69) is 42.3 Å². The van der Waals surface area contributed by atoms with Gasteiger partial charge in [0.05, 0.1) is 24.3 Å². The van der Waals surface area contributed by atoms with Gasteiger partial charge in [0.2, 0.25) is 5.91 Å². The topological polar surface area (TPSA) is 69.0 Å². The molecule has 170 valence electrons. The van der Waals surface area contributed by atoms with Crippen LogP contribution in [-0.2, 0) is 10.5 Å². The number of hydrogen-bond acceptors (Lipinski definition) is 5. The lowest BCUT2D eigenvalue weighted by molar-refractivity contribution is -0.119. The van der Waals surface area contributed by atoms with Crippen LogP contribution in [0.4, 0.5) is 5.69 Å². The van der Waals surface area contributed by atoms with Crippen LogP contribution in [0.15, 0.2) is 66.1 Å². The maximum absolute atomic E-state index is 13.4. The number of aromatic nitrogens is 3. The molecule has 7 heteroatoms. The number of fused-ring (bicyclic) bond motifs is 1. The maximum Gasteiger partial charge on any atom is 0.247 e. The first-order chi connectivity index (χ1) is 16.0. The second-order valence-electron chi connectivity index (χ2n) is 7.99. The highest BCUT2D eigenvalue weighted by molar-refractivity contribution is 7.98. The number of pyridine rings is 1. The van der Waals surface area contributed by atoms with E-state index in [1.165, 1.54) is 16.7 Å². The molecular formula is C26H28N4O2S. The molecule has 0 fully saturated rings. The summed E-state index contributed by atoms with van der Waals surface area (Å²) < 4.78 is 7.31. The van der Waals surface area contributed by atoms with Crippen LogP contribution in [0.1, 0.15) is 36.1 Å². The Balaban J connectivity index is 1.66. The average molecular weight is 461 g/mol. The van der Waals surface area contributed by atoms with Crippen molar-refractivity contribution in [3.8, 4) is 5.75 Å². The molecule has 1 N–H and O–H groups in total. The van der Waals surface area contributed by atoms with Gasteiger partial charge in [-0.3, -0.25) is 9.78 Å². The molecule has 0 unspecified atom stereocenters. The van der Waals surface area contributed by atoms with Gasteiger partial charge in [-0.25, -0.2) is 4.98 Å². The predicted molar refractivity (Wildman–Crippen MR) is 134 cm³/mol. The van der Waals surface area contributed by atoms with Gasteiger partial charge in [0.25, 0.3) is 0 Å². The third-order valence-corrected chi connectivity index (χ3v) is 6.66. The Bertz CT molecular complexity index is 1280. The van der Waals surface area contributed by atoms with Crippen LogP contribution in [-0.4, -0.2) is 27.6 Å². The van der Waals surface area contributed by atoms with Crippen LogP contribution in [0, 0.1) is 13.8 Å². The zero-order valence-corrected chi connectivity index (χ0v) is 20.1. The lowest BCUT2D eigenvalue weighted by Crippen LogP contribution is -2.26. The molecule has 6 nitrogen and oxygen atoms in total. The van der Waals surface area contributed by atoms with E-state index in [1.54, 1.807) is 31.3 Å². The summed E-state index contributed by atoms with van der Waals surface area (Å²) in [5.41, 5.74) is 6.14. The third-order valence-electron chi connectivity index (χ3n) is 5.66. The number of carbonyl (C=O) groups is 1. The number of benzene rings is 2. The first-order valence-electron chi connectivity index (χ1n) is 11.0. The fraction of sp³-hybridized carbons (Fsp3) is 0.269. The smallest absolute Gasteiger partial charge is 0.247 e. The molecule has 33 heavy (non-hydrogen) atoms. The number of amides is 1. The molecule has 0 bridgehead atoms. The Morgan fingerprint density at radius 3 is 2.82 bits per heavy atom. The Hall–Kier alpha value is -3.32. The number of anilines is 1. The van der Waals surface area contributed by atoms with Crippen molar-refractivity contribution < 1.29 is 9.53 Å². The van der Waals surface area contributed by atoms with Crippen LogP contribution >= 0.6 is 11.8 Å². The van der Waals surface area contributed by atoms with E-state index in [0.29, 0.717) is 17.9 Å². The average Bonchev–Trinajstić information content (AvgIpc) is 3.18. The summed E-state index contributed by atoms with van der Waals surface area (Å²) in [6, 6.07) is 15.3. The molecule has 0 aliphatic carbocycles. The Labute approximate surface area is 198 Å². The molecule has 2 aromatic heterocycles. The van der Waals surface area contributed by atoms with Crippen LogP contribution in [0.3, 0.4) is 0 Å². The normalized spacial score (nSPS) is 12.0. The van der Waals surface area contributed by atoms with E-state index in [0.717, 1.165) is 21.9 Å². The van der Waals surface area contributed by atoms with E-state index < -0.39 is 6.04 Å². The molecule has 0 saturated carbocycles. The van der Waals surface area contributed by atoms with Gasteiger partial charge < -0.3 is 14.6 Å². The zero-order chi connectivity index (χ0) is 23.4. The molecule has 4 aromatic rings. The molecule has 0 saturated heterocycles. The van der Waals surface area contributed by atoms with Crippen molar-refractivity contribution in [3.63, 3.8) is 0 Å². The lowest BCUT2D eigenvalue weighted by atomic mass is 10.1. The Kier molecular flexibility index (Phi) is 6.99. The van der Waals surface area contributed by atoms with Gasteiger partial charge >= 0.3 is 0 Å². The van der Waals surface area contributed by atoms with Crippen LogP contribution < -0.4 is 10.1 Å². The van der Waals surface area contributed by atoms with Crippen molar-refractivity contribution in [2.24, 2.45) is 0 Å². The first kappa shape index (κ1) is 22.9. The minimum atomic E-state index is -0.425. The fourth-order valence-corrected chi connectivity index (χ4v) is 4.95. The second-order valence-corrected chi connectivity index (χ2v) is 8.94. The number of nitrogens with one attached hydrogen (secondary N) is 1. The number of methoxy groups -OCH3 is 1. The summed E-state index contributed by atoms with van der Waals surface area (Å²) in [4.78, 5) is 22.5. The molecule has 1 amide bonds. The SMILES string of the molecule is CC[C@H](C(=O)Nc1cccc(OC)c1)n1c(SCc2cc(C)ccc2C)nc2ccncc21. The van der Waals surface area contributed by atoms with Crippen molar-refractivity contribution in [1.29, 1.82) is 0 Å². The quantitative estimate of drug-likeness (QED) is 0.330. The van der Waals surface area contributed by atoms with Crippen molar-refractivity contribution in [2.45, 2.75) is 44.1 Å². The highest BCUT2D eigenvalue weighted by atomic mass is 32.2. The van der Waals surface area contributed by atoms with Crippen molar-refractivity contribution >= 4 is 34.4 Å². The van der Waals surface area contributed by atoms with Crippen LogP contribution in [0.5, 0.6) is 5.75 Å². The van der Waals surface area contributed by atoms with Gasteiger partial charge in [-0.05, 0) is 49.6 Å². The standard InChI is InChI=1S/C26H28N4O2S/c1-5-23(25(31)28-20-7-6-8-21(14-20)32-4)30-24-15-27-12-11-22(24)29-26(30)33-16-19-13-17(2)9-10-18(19)3/h6-15,23H,5,16H2,1-4H3,(H,28,31)/t23-/m1/s1. The highest BCUT2D eigenvalue weighted by Gasteiger charge is 2.25. The Morgan fingerprint density at radius 2 is 2.03 bits per heavy atom. The summed E-state index contributed by atoms with van der Waals surface area (Å²) in [6.45, 7) is 6.24. The number of imidazole rings is 1. The number of thioether (sulfide) groups is 1. The second kappa shape index (κ2) is 10.1. The van der Waals surface area contributed by atoms with Gasteiger partial charge in [0.15, 0.2) is 5.16 Å². The molecule has 0 radical (unpaired) electrons. The number of aryl methyl sites for hydroxylation is 2. The zero-order valence-electron chi connectivity index (χ0n) is 19.3. The Morgan fingerprint density at radius 1 is 1.18 bits per heavy atom. The summed E-state index contributed by atoms with van der Waals surface area (Å²) >= 11 is 1.65. The number of ether oxygens (including phenoxy) is 1. The summed E-state index contributed by atoms with van der Waals surface area (Å²) in [7, 11) is 1.61. The van der Waals surface area contributed by atoms with Crippen molar-refractivity contribution in [2.75, 3.05) is 12.4 Å². The fourth-order valence-electron chi connectivity index (χ4n) is 3.83. The van der Waals surface area contributed by atoms with E-state index in [9.17, 15) is 4.79 Å². The lowest BCUT2D eigenvalue weighted by Gasteiger charge is -2.20. The van der Waals surface area contributed by atoms with Crippen molar-refractivity contribution in [3.05, 3.63) is 77.6 Å². The molecule has 1 atom stereocenters. The molecule has 0 aliphatic heterocycles. The van der Waals surface area contributed by atoms with E-state index in [1.807, 2.05) is 41.8 Å². The molecule has 2 heterocycles. The van der Waals surface area contributed by atoms with E-state index in [-0.39, 0.29) is 5.91 Å². The largest absolute Gasteiger partial charge is 0.497 e. The van der Waals surface area contributed by atoms with Gasteiger partial charge in [-0.1, -0.05) is 48.5 Å². The predicted octanol–water partition coefficient (Wildman–Crippen LogP) is 5.94. The van der Waals surface area contributed by atoms with Gasteiger partial charge in [0, 0.05) is 23.7 Å². The van der Waals surface area contributed by atoms with Gasteiger partial charge in [-0.2, -0.15) is 0 Å². The summed E-state index contributed by atoms with van der Waals surface area (Å²) in [6.07, 6.45) is 4.13. The minimum Gasteiger partial charge on any atom is -0.497 e. The summed E-state index contributed by atoms with van der Waals surface area (Å²) in [5, 5.41) is 3.85. The molecule has 0 spiro atoms. The van der Waals surface area contributed by atoms with Crippen molar-refractivity contribution in [1.82, 2.24) is 14.5 Å².